The fourth-order valence-electron chi connectivity index (χ4n) is 0.152. The van der Waals surface area contributed by atoms with E-state index in [-0.39, 0.29) is 0 Å². The monoisotopic (exact) mass is 96.1 g/mol. The third-order valence-corrected chi connectivity index (χ3v) is 0.524. The van der Waals surface area contributed by atoms with Crippen LogP contribution in [0.1, 0.15) is 6.92 Å². The Hall–Kier alpha value is -0.920. The van der Waals surface area contributed by atoms with Crippen LogP contribution in [0.5, 0.6) is 0 Å². The van der Waals surface area contributed by atoms with Crippen LogP contribution >= 0.6 is 0 Å². The van der Waals surface area contributed by atoms with Crippen LogP contribution in [-0.4, -0.2) is 12.4 Å². The molecule has 2 heteroatoms. The van der Waals surface area contributed by atoms with Crippen molar-refractivity contribution in [1.29, 1.82) is 0 Å². The van der Waals surface area contributed by atoms with Gasteiger partial charge in [0.25, 0.3) is 0 Å². The lowest BCUT2D eigenvalue weighted by atomic mass is 10.4. The predicted molar refractivity (Wildman–Crippen MR) is 32.9 cm³/mol. The standard InChI is InChI=1S/C5H8N2/c1-4-5(2)7-6-3/h4H,1,3H2,2H3/b7-5-. The minimum absolute atomic E-state index is 0.787. The van der Waals surface area contributed by atoms with Crippen LogP contribution in [0.15, 0.2) is 22.9 Å². The Labute approximate surface area is 43.3 Å². The molecule has 0 amide bonds. The molecule has 0 N–H and O–H groups in total. The highest BCUT2D eigenvalue weighted by molar-refractivity contribution is 5.92. The molecule has 0 saturated heterocycles. The molecule has 0 aliphatic heterocycles. The zero-order valence-electron chi connectivity index (χ0n) is 4.39. The van der Waals surface area contributed by atoms with Gasteiger partial charge in [0.05, 0.1) is 5.71 Å². The van der Waals surface area contributed by atoms with E-state index in [2.05, 4.69) is 23.5 Å². The number of hydrogen-bond donors (Lipinski definition) is 0. The normalized spacial score (nSPS) is 10.7. The maximum atomic E-state index is 3.56. The fourth-order valence-corrected chi connectivity index (χ4v) is 0.152. The summed E-state index contributed by atoms with van der Waals surface area (Å²) >= 11 is 0. The molecule has 0 aromatic carbocycles. The molecule has 0 atom stereocenters. The summed E-state index contributed by atoms with van der Waals surface area (Å²) in [5.41, 5.74) is 0.787. The van der Waals surface area contributed by atoms with Gasteiger partial charge in [-0.05, 0) is 13.0 Å². The van der Waals surface area contributed by atoms with Crippen LogP contribution in [0.2, 0.25) is 0 Å². The van der Waals surface area contributed by atoms with E-state index in [1.54, 1.807) is 6.08 Å². The molecule has 0 saturated carbocycles. The van der Waals surface area contributed by atoms with Crippen molar-refractivity contribution < 1.29 is 0 Å². The first-order chi connectivity index (χ1) is 3.31. The van der Waals surface area contributed by atoms with Crippen LogP contribution in [0.4, 0.5) is 0 Å². The van der Waals surface area contributed by atoms with Crippen molar-refractivity contribution in [2.24, 2.45) is 10.2 Å². The molecular weight excluding hydrogens is 88.1 g/mol. The Kier molecular flexibility index (Phi) is 2.85. The average Bonchev–Trinajstić information content (AvgIpc) is 1.68. The van der Waals surface area contributed by atoms with E-state index in [0.717, 1.165) is 5.71 Å². The molecule has 0 rings (SSSR count). The number of hydrogen-bond acceptors (Lipinski definition) is 2. The van der Waals surface area contributed by atoms with Crippen LogP contribution in [0, 0.1) is 0 Å². The van der Waals surface area contributed by atoms with Gasteiger partial charge in [0.2, 0.25) is 0 Å². The van der Waals surface area contributed by atoms with Gasteiger partial charge in [-0.25, -0.2) is 0 Å². The van der Waals surface area contributed by atoms with Gasteiger partial charge in [-0.3, -0.25) is 0 Å². The molecule has 2 nitrogen and oxygen atoms in total. The molecule has 38 valence electrons. The topological polar surface area (TPSA) is 24.7 Å². The van der Waals surface area contributed by atoms with E-state index in [9.17, 15) is 0 Å². The summed E-state index contributed by atoms with van der Waals surface area (Å²) < 4.78 is 0. The summed E-state index contributed by atoms with van der Waals surface area (Å²) in [5.74, 6) is 0. The minimum Gasteiger partial charge on any atom is -0.167 e. The van der Waals surface area contributed by atoms with E-state index in [0.29, 0.717) is 0 Å². The highest BCUT2D eigenvalue weighted by Gasteiger charge is 1.72. The Bertz CT molecular complexity index is 103. The van der Waals surface area contributed by atoms with Crippen LogP contribution in [0.25, 0.3) is 0 Å². The van der Waals surface area contributed by atoms with Crippen molar-refractivity contribution in [1.82, 2.24) is 0 Å². The van der Waals surface area contributed by atoms with Crippen molar-refractivity contribution in [3.8, 4) is 0 Å². The van der Waals surface area contributed by atoms with Crippen LogP contribution in [0.3, 0.4) is 0 Å². The lowest BCUT2D eigenvalue weighted by Gasteiger charge is -1.78. The quantitative estimate of drug-likeness (QED) is 0.365. The molecule has 0 radical (unpaired) electrons. The maximum absolute atomic E-state index is 3.56. The van der Waals surface area contributed by atoms with Gasteiger partial charge in [-0.15, -0.1) is 0 Å². The molecule has 0 heterocycles. The number of rotatable bonds is 2. The molecular formula is C5H8N2. The Morgan fingerprint density at radius 2 is 2.29 bits per heavy atom. The largest absolute Gasteiger partial charge is 0.167 e. The van der Waals surface area contributed by atoms with Gasteiger partial charge in [-0.2, -0.15) is 10.2 Å². The van der Waals surface area contributed by atoms with Gasteiger partial charge < -0.3 is 0 Å². The molecule has 0 aliphatic carbocycles. The van der Waals surface area contributed by atoms with Gasteiger partial charge in [0.1, 0.15) is 0 Å². The molecule has 0 aromatic rings. The highest BCUT2D eigenvalue weighted by Crippen LogP contribution is 1.75. The molecule has 7 heavy (non-hydrogen) atoms. The third kappa shape index (κ3) is 2.89. The predicted octanol–water partition coefficient (Wildman–Crippen LogP) is 1.25. The molecule has 0 spiro atoms. The number of nitrogens with zero attached hydrogens (tertiary/aromatic N) is 2. The number of allylic oxidation sites excluding steroid dienone is 1. The van der Waals surface area contributed by atoms with E-state index in [4.69, 9.17) is 0 Å². The van der Waals surface area contributed by atoms with Crippen molar-refractivity contribution in [3.63, 3.8) is 0 Å². The van der Waals surface area contributed by atoms with Crippen molar-refractivity contribution >= 4 is 12.4 Å². The van der Waals surface area contributed by atoms with Gasteiger partial charge in [0.15, 0.2) is 0 Å². The van der Waals surface area contributed by atoms with Gasteiger partial charge in [-0.1, -0.05) is 6.58 Å². The second kappa shape index (κ2) is 3.28. The summed E-state index contributed by atoms with van der Waals surface area (Å²) in [7, 11) is 0. The zero-order chi connectivity index (χ0) is 5.70. The zero-order valence-corrected chi connectivity index (χ0v) is 4.39. The van der Waals surface area contributed by atoms with Crippen molar-refractivity contribution in [3.05, 3.63) is 12.7 Å². The van der Waals surface area contributed by atoms with Crippen LogP contribution in [-0.2, 0) is 0 Å². The maximum Gasteiger partial charge on any atom is 0.0593 e. The highest BCUT2D eigenvalue weighted by atomic mass is 15.2. The smallest absolute Gasteiger partial charge is 0.0593 e. The fraction of sp³-hybridized carbons (Fsp3) is 0.200. The summed E-state index contributed by atoms with van der Waals surface area (Å²) in [6, 6.07) is 0. The van der Waals surface area contributed by atoms with Crippen molar-refractivity contribution in [2.75, 3.05) is 0 Å². The van der Waals surface area contributed by atoms with Crippen molar-refractivity contribution in [2.45, 2.75) is 6.92 Å². The summed E-state index contributed by atoms with van der Waals surface area (Å²) in [4.78, 5) is 0. The summed E-state index contributed by atoms with van der Waals surface area (Å²) in [5, 5.41) is 6.83. The molecule has 0 aromatic heterocycles. The first kappa shape index (κ1) is 6.08. The minimum atomic E-state index is 0.787. The Morgan fingerprint density at radius 3 is 2.43 bits per heavy atom. The Morgan fingerprint density at radius 1 is 1.71 bits per heavy atom. The lowest BCUT2D eigenvalue weighted by Crippen LogP contribution is -1.77. The lowest BCUT2D eigenvalue weighted by molar-refractivity contribution is 1.26. The second-order valence-corrected chi connectivity index (χ2v) is 1.09. The first-order valence-electron chi connectivity index (χ1n) is 1.94. The average molecular weight is 96.1 g/mol. The first-order valence-corrected chi connectivity index (χ1v) is 1.94. The molecule has 0 fully saturated rings. The summed E-state index contributed by atoms with van der Waals surface area (Å²) in [6.45, 7) is 8.43. The van der Waals surface area contributed by atoms with E-state index < -0.39 is 0 Å². The SMILES string of the molecule is C=C/C(C)=N\N=C. The molecule has 0 unspecified atom stereocenters. The summed E-state index contributed by atoms with van der Waals surface area (Å²) in [6.07, 6.45) is 1.62. The van der Waals surface area contributed by atoms with Gasteiger partial charge in [0, 0.05) is 6.72 Å². The van der Waals surface area contributed by atoms with E-state index >= 15 is 0 Å². The molecule has 0 aliphatic rings. The van der Waals surface area contributed by atoms with E-state index in [1.165, 1.54) is 0 Å². The van der Waals surface area contributed by atoms with Crippen LogP contribution < -0.4 is 0 Å². The van der Waals surface area contributed by atoms with Gasteiger partial charge >= 0.3 is 0 Å². The molecule has 0 bridgehead atoms. The Balaban J connectivity index is 3.72. The van der Waals surface area contributed by atoms with E-state index in [1.807, 2.05) is 6.92 Å². The third-order valence-electron chi connectivity index (χ3n) is 0.524. The second-order valence-electron chi connectivity index (χ2n) is 1.09.